The Kier molecular flexibility index (Phi) is 5.21. The largest absolute Gasteiger partial charge is 0.466 e. The van der Waals surface area contributed by atoms with E-state index in [0.717, 1.165) is 5.56 Å². The van der Waals surface area contributed by atoms with E-state index in [0.29, 0.717) is 23.2 Å². The van der Waals surface area contributed by atoms with Gasteiger partial charge in [-0.3, -0.25) is 4.79 Å². The number of carbonyl (C=O) groups is 2. The summed E-state index contributed by atoms with van der Waals surface area (Å²) in [7, 11) is 0. The zero-order valence-electron chi connectivity index (χ0n) is 15.1. The third-order valence-electron chi connectivity index (χ3n) is 4.37. The van der Waals surface area contributed by atoms with E-state index in [2.05, 4.69) is 4.98 Å². The van der Waals surface area contributed by atoms with Crippen molar-refractivity contribution in [3.63, 3.8) is 0 Å². The molecule has 1 saturated heterocycles. The Morgan fingerprint density at radius 3 is 2.79 bits per heavy atom. The molecule has 1 aromatic carbocycles. The number of esters is 1. The van der Waals surface area contributed by atoms with Crippen LogP contribution < -0.4 is 0 Å². The Hall–Kier alpha value is -3.00. The standard InChI is InChI=1S/C20H18N2O5S/c1-13(23)22-15(12-28-19(22)16-8-5-9-25-16)20(24)26-11-18-21-10-17(27-18)14-6-3-2-4-7-14/h2-10,15,19H,11-12H2,1H3/t15-,19+/m1/s1. The van der Waals surface area contributed by atoms with E-state index in [1.807, 2.05) is 30.3 Å². The van der Waals surface area contributed by atoms with Gasteiger partial charge in [0.05, 0.1) is 12.5 Å². The maximum Gasteiger partial charge on any atom is 0.330 e. The third kappa shape index (κ3) is 3.68. The SMILES string of the molecule is CC(=O)N1[C@@H](C(=O)OCc2ncc(-c3ccccc3)o2)CS[C@H]1c1ccco1. The van der Waals surface area contributed by atoms with Crippen LogP contribution in [-0.2, 0) is 20.9 Å². The zero-order chi connectivity index (χ0) is 19.5. The molecule has 1 amide bonds. The molecular formula is C20H18N2O5S. The number of amides is 1. The van der Waals surface area contributed by atoms with Crippen molar-refractivity contribution < 1.29 is 23.2 Å². The number of oxazole rings is 1. The number of aromatic nitrogens is 1. The Bertz CT molecular complexity index is 954. The number of rotatable bonds is 5. The Labute approximate surface area is 165 Å². The highest BCUT2D eigenvalue weighted by molar-refractivity contribution is 7.99. The molecule has 1 aliphatic rings. The highest BCUT2D eigenvalue weighted by Crippen LogP contribution is 2.41. The van der Waals surface area contributed by atoms with Crippen LogP contribution in [0.3, 0.4) is 0 Å². The molecule has 0 spiro atoms. The number of hydrogen-bond donors (Lipinski definition) is 0. The van der Waals surface area contributed by atoms with Crippen molar-refractivity contribution in [2.24, 2.45) is 0 Å². The van der Waals surface area contributed by atoms with Crippen LogP contribution in [0.25, 0.3) is 11.3 Å². The summed E-state index contributed by atoms with van der Waals surface area (Å²) in [5.41, 5.74) is 0.892. The van der Waals surface area contributed by atoms with E-state index < -0.39 is 12.0 Å². The van der Waals surface area contributed by atoms with Gasteiger partial charge in [0.1, 0.15) is 17.2 Å². The minimum Gasteiger partial charge on any atom is -0.466 e. The van der Waals surface area contributed by atoms with Crippen molar-refractivity contribution in [2.45, 2.75) is 24.9 Å². The lowest BCUT2D eigenvalue weighted by atomic mass is 10.2. The molecule has 0 N–H and O–H groups in total. The Morgan fingerprint density at radius 2 is 2.07 bits per heavy atom. The highest BCUT2D eigenvalue weighted by atomic mass is 32.2. The molecule has 3 heterocycles. The maximum atomic E-state index is 12.6. The summed E-state index contributed by atoms with van der Waals surface area (Å²) in [6.07, 6.45) is 3.14. The van der Waals surface area contributed by atoms with Crippen LogP contribution in [0.2, 0.25) is 0 Å². The van der Waals surface area contributed by atoms with Crippen LogP contribution in [0, 0.1) is 0 Å². The normalized spacial score (nSPS) is 19.0. The van der Waals surface area contributed by atoms with Crippen LogP contribution in [-0.4, -0.2) is 33.6 Å². The molecule has 1 aliphatic heterocycles. The molecule has 0 saturated carbocycles. The molecule has 144 valence electrons. The van der Waals surface area contributed by atoms with Gasteiger partial charge < -0.3 is 18.5 Å². The van der Waals surface area contributed by atoms with Gasteiger partial charge in [-0.2, -0.15) is 0 Å². The number of carbonyl (C=O) groups excluding carboxylic acids is 2. The fourth-order valence-corrected chi connectivity index (χ4v) is 4.48. The monoisotopic (exact) mass is 398 g/mol. The third-order valence-corrected chi connectivity index (χ3v) is 5.66. The van der Waals surface area contributed by atoms with Crippen molar-refractivity contribution in [3.05, 3.63) is 66.6 Å². The van der Waals surface area contributed by atoms with E-state index >= 15 is 0 Å². The quantitative estimate of drug-likeness (QED) is 0.607. The van der Waals surface area contributed by atoms with Crippen LogP contribution in [0.4, 0.5) is 0 Å². The first-order valence-corrected chi connectivity index (χ1v) is 9.79. The van der Waals surface area contributed by atoms with Gasteiger partial charge in [-0.15, -0.1) is 11.8 Å². The number of thioether (sulfide) groups is 1. The van der Waals surface area contributed by atoms with E-state index in [1.165, 1.54) is 23.6 Å². The number of hydrogen-bond acceptors (Lipinski definition) is 7. The molecule has 0 radical (unpaired) electrons. The number of benzene rings is 1. The molecular weight excluding hydrogens is 380 g/mol. The van der Waals surface area contributed by atoms with Gasteiger partial charge in [0.2, 0.25) is 11.8 Å². The number of nitrogens with zero attached hydrogens (tertiary/aromatic N) is 2. The minimum atomic E-state index is -0.679. The van der Waals surface area contributed by atoms with Crippen LogP contribution in [0.15, 0.2) is 63.8 Å². The summed E-state index contributed by atoms with van der Waals surface area (Å²) in [6.45, 7) is 1.34. The van der Waals surface area contributed by atoms with E-state index in [4.69, 9.17) is 13.6 Å². The van der Waals surface area contributed by atoms with Crippen molar-refractivity contribution in [2.75, 3.05) is 5.75 Å². The fourth-order valence-electron chi connectivity index (χ4n) is 3.07. The summed E-state index contributed by atoms with van der Waals surface area (Å²) in [6, 6.07) is 12.4. The van der Waals surface area contributed by atoms with Crippen molar-refractivity contribution in [3.8, 4) is 11.3 Å². The second-order valence-corrected chi connectivity index (χ2v) is 7.35. The van der Waals surface area contributed by atoms with Crippen molar-refractivity contribution in [1.29, 1.82) is 0 Å². The molecule has 1 fully saturated rings. The number of furan rings is 1. The summed E-state index contributed by atoms with van der Waals surface area (Å²) < 4.78 is 16.4. The molecule has 28 heavy (non-hydrogen) atoms. The van der Waals surface area contributed by atoms with Gasteiger partial charge in [-0.25, -0.2) is 9.78 Å². The molecule has 3 aromatic rings. The Balaban J connectivity index is 1.41. The summed E-state index contributed by atoms with van der Waals surface area (Å²) in [4.78, 5) is 30.4. The van der Waals surface area contributed by atoms with Gasteiger partial charge in [-0.05, 0) is 12.1 Å². The maximum absolute atomic E-state index is 12.6. The van der Waals surface area contributed by atoms with Gasteiger partial charge in [0.25, 0.3) is 0 Å². The molecule has 2 aromatic heterocycles. The smallest absolute Gasteiger partial charge is 0.330 e. The molecule has 8 heteroatoms. The van der Waals surface area contributed by atoms with Crippen molar-refractivity contribution in [1.82, 2.24) is 9.88 Å². The molecule has 7 nitrogen and oxygen atoms in total. The zero-order valence-corrected chi connectivity index (χ0v) is 15.9. The topological polar surface area (TPSA) is 85.8 Å². The van der Waals surface area contributed by atoms with Gasteiger partial charge in [0.15, 0.2) is 12.4 Å². The first kappa shape index (κ1) is 18.4. The summed E-state index contributed by atoms with van der Waals surface area (Å²) in [5, 5.41) is -0.337. The van der Waals surface area contributed by atoms with E-state index in [1.54, 1.807) is 24.6 Å². The predicted octanol–water partition coefficient (Wildman–Crippen LogP) is 3.64. The second-order valence-electron chi connectivity index (χ2n) is 6.24. The van der Waals surface area contributed by atoms with Crippen LogP contribution >= 0.6 is 11.8 Å². The fraction of sp³-hybridized carbons (Fsp3) is 0.250. The van der Waals surface area contributed by atoms with Crippen molar-refractivity contribution >= 4 is 23.6 Å². The van der Waals surface area contributed by atoms with E-state index in [9.17, 15) is 9.59 Å². The van der Waals surface area contributed by atoms with Crippen LogP contribution in [0.1, 0.15) is 23.9 Å². The lowest BCUT2D eigenvalue weighted by Gasteiger charge is -2.25. The average Bonchev–Trinajstić information content (AvgIpc) is 3.46. The minimum absolute atomic E-state index is 0.0933. The first-order chi connectivity index (χ1) is 13.6. The second kappa shape index (κ2) is 7.93. The summed E-state index contributed by atoms with van der Waals surface area (Å²) in [5.74, 6) is 1.27. The molecule has 2 atom stereocenters. The first-order valence-electron chi connectivity index (χ1n) is 8.74. The highest BCUT2D eigenvalue weighted by Gasteiger charge is 2.43. The Morgan fingerprint density at radius 1 is 1.25 bits per heavy atom. The van der Waals surface area contributed by atoms with Crippen LogP contribution in [0.5, 0.6) is 0 Å². The van der Waals surface area contributed by atoms with Gasteiger partial charge in [0, 0.05) is 18.2 Å². The van der Waals surface area contributed by atoms with Gasteiger partial charge >= 0.3 is 5.97 Å². The lowest BCUT2D eigenvalue weighted by Crippen LogP contribution is -2.42. The molecule has 0 bridgehead atoms. The molecule has 0 aliphatic carbocycles. The van der Waals surface area contributed by atoms with E-state index in [-0.39, 0.29) is 17.9 Å². The molecule has 0 unspecified atom stereocenters. The molecule has 4 rings (SSSR count). The lowest BCUT2D eigenvalue weighted by molar-refractivity contribution is -0.155. The average molecular weight is 398 g/mol. The van der Waals surface area contributed by atoms with Gasteiger partial charge in [-0.1, -0.05) is 30.3 Å². The number of ether oxygens (including phenoxy) is 1. The predicted molar refractivity (Wildman–Crippen MR) is 102 cm³/mol. The summed E-state index contributed by atoms with van der Waals surface area (Å²) >= 11 is 1.47.